The van der Waals surface area contributed by atoms with Gasteiger partial charge in [-0.1, -0.05) is 32.0 Å². The van der Waals surface area contributed by atoms with Gasteiger partial charge in [0, 0.05) is 12.2 Å². The Kier molecular flexibility index (Phi) is 5.65. The second-order valence-corrected chi connectivity index (χ2v) is 4.32. The zero-order valence-electron chi connectivity index (χ0n) is 11.1. The Morgan fingerprint density at radius 3 is 2.33 bits per heavy atom. The Balaban J connectivity index is 2.68. The Hall–Kier alpha value is -1.55. The van der Waals surface area contributed by atoms with Gasteiger partial charge in [-0.15, -0.1) is 0 Å². The lowest BCUT2D eigenvalue weighted by Crippen LogP contribution is -2.32. The van der Waals surface area contributed by atoms with Crippen LogP contribution in [0.2, 0.25) is 0 Å². The molecule has 4 nitrogen and oxygen atoms in total. The summed E-state index contributed by atoms with van der Waals surface area (Å²) in [6, 6.07) is 5.46. The molecule has 4 N–H and O–H groups in total. The molecule has 0 saturated carbocycles. The van der Waals surface area contributed by atoms with Crippen molar-refractivity contribution in [3.63, 3.8) is 0 Å². The Morgan fingerprint density at radius 1 is 1.33 bits per heavy atom. The van der Waals surface area contributed by atoms with E-state index < -0.39 is 12.0 Å². The van der Waals surface area contributed by atoms with Gasteiger partial charge in [-0.05, 0) is 30.4 Å². The molecule has 100 valence electrons. The standard InChI is InChI=1S/C14H22N2O2/c1-3-10-6-5-7-11(4-2)13(10)16-9-8-12(15)14(17)18/h5-7,12,16H,3-4,8-9,15H2,1-2H3,(H,17,18). The average molecular weight is 250 g/mol. The van der Waals surface area contributed by atoms with E-state index in [1.807, 2.05) is 0 Å². The van der Waals surface area contributed by atoms with Crippen LogP contribution in [0, 0.1) is 0 Å². The van der Waals surface area contributed by atoms with Gasteiger partial charge in [0.2, 0.25) is 0 Å². The number of carboxylic acid groups (broad SMARTS) is 1. The number of rotatable bonds is 7. The summed E-state index contributed by atoms with van der Waals surface area (Å²) in [5.74, 6) is -0.948. The van der Waals surface area contributed by atoms with Crippen LogP contribution < -0.4 is 11.1 Å². The molecule has 1 unspecified atom stereocenters. The van der Waals surface area contributed by atoms with Gasteiger partial charge >= 0.3 is 5.97 Å². The van der Waals surface area contributed by atoms with Crippen LogP contribution in [-0.4, -0.2) is 23.7 Å². The maximum absolute atomic E-state index is 10.6. The molecule has 0 aliphatic heterocycles. The number of nitrogens with two attached hydrogens (primary N) is 1. The van der Waals surface area contributed by atoms with Gasteiger partial charge in [0.05, 0.1) is 0 Å². The average Bonchev–Trinajstić information content (AvgIpc) is 2.38. The number of carbonyl (C=O) groups is 1. The molecule has 0 radical (unpaired) electrons. The van der Waals surface area contributed by atoms with Crippen molar-refractivity contribution in [1.29, 1.82) is 0 Å². The zero-order chi connectivity index (χ0) is 13.5. The van der Waals surface area contributed by atoms with E-state index in [4.69, 9.17) is 10.8 Å². The molecular weight excluding hydrogens is 228 g/mol. The van der Waals surface area contributed by atoms with Gasteiger partial charge < -0.3 is 16.2 Å². The summed E-state index contributed by atoms with van der Waals surface area (Å²) in [5.41, 5.74) is 9.15. The highest BCUT2D eigenvalue weighted by molar-refractivity contribution is 5.73. The van der Waals surface area contributed by atoms with Gasteiger partial charge in [-0.3, -0.25) is 4.79 Å². The van der Waals surface area contributed by atoms with Gasteiger partial charge in [-0.25, -0.2) is 0 Å². The van der Waals surface area contributed by atoms with E-state index in [-0.39, 0.29) is 0 Å². The maximum atomic E-state index is 10.6. The van der Waals surface area contributed by atoms with Crippen molar-refractivity contribution >= 4 is 11.7 Å². The lowest BCUT2D eigenvalue weighted by Gasteiger charge is -2.16. The Labute approximate surface area is 108 Å². The third-order valence-corrected chi connectivity index (χ3v) is 3.07. The quantitative estimate of drug-likeness (QED) is 0.692. The summed E-state index contributed by atoms with van der Waals surface area (Å²) >= 11 is 0. The molecule has 4 heteroatoms. The lowest BCUT2D eigenvalue weighted by atomic mass is 10.0. The Morgan fingerprint density at radius 2 is 1.89 bits per heavy atom. The van der Waals surface area contributed by atoms with Crippen LogP contribution in [0.4, 0.5) is 5.69 Å². The molecule has 0 spiro atoms. The first-order valence-corrected chi connectivity index (χ1v) is 6.43. The molecule has 0 heterocycles. The van der Waals surface area contributed by atoms with Crippen LogP contribution in [-0.2, 0) is 17.6 Å². The highest BCUT2D eigenvalue weighted by Gasteiger charge is 2.11. The SMILES string of the molecule is CCc1cccc(CC)c1NCCC(N)C(=O)O. The molecule has 0 saturated heterocycles. The largest absolute Gasteiger partial charge is 0.480 e. The summed E-state index contributed by atoms with van der Waals surface area (Å²) < 4.78 is 0. The van der Waals surface area contributed by atoms with E-state index in [1.165, 1.54) is 11.1 Å². The van der Waals surface area contributed by atoms with Crippen molar-refractivity contribution < 1.29 is 9.90 Å². The smallest absolute Gasteiger partial charge is 0.320 e. The van der Waals surface area contributed by atoms with E-state index >= 15 is 0 Å². The fraction of sp³-hybridized carbons (Fsp3) is 0.500. The van der Waals surface area contributed by atoms with Crippen molar-refractivity contribution in [1.82, 2.24) is 0 Å². The van der Waals surface area contributed by atoms with E-state index in [0.717, 1.165) is 18.5 Å². The van der Waals surface area contributed by atoms with Crippen LogP contribution in [0.1, 0.15) is 31.4 Å². The number of carboxylic acids is 1. The van der Waals surface area contributed by atoms with Crippen LogP contribution >= 0.6 is 0 Å². The van der Waals surface area contributed by atoms with Crippen molar-refractivity contribution in [3.8, 4) is 0 Å². The monoisotopic (exact) mass is 250 g/mol. The number of hydrogen-bond acceptors (Lipinski definition) is 3. The van der Waals surface area contributed by atoms with Crippen molar-refractivity contribution in [2.45, 2.75) is 39.2 Å². The molecule has 1 aromatic rings. The van der Waals surface area contributed by atoms with Crippen molar-refractivity contribution in [2.24, 2.45) is 5.73 Å². The molecule has 18 heavy (non-hydrogen) atoms. The molecular formula is C14H22N2O2. The second-order valence-electron chi connectivity index (χ2n) is 4.32. The van der Waals surface area contributed by atoms with Gasteiger partial charge in [0.15, 0.2) is 0 Å². The Bertz CT molecular complexity index is 383. The summed E-state index contributed by atoms with van der Waals surface area (Å²) in [5, 5.41) is 12.1. The number of aryl methyl sites for hydroxylation is 2. The van der Waals surface area contributed by atoms with Gasteiger partial charge in [0.25, 0.3) is 0 Å². The molecule has 0 amide bonds. The first-order chi connectivity index (χ1) is 8.60. The number of benzene rings is 1. The molecule has 0 aliphatic carbocycles. The first-order valence-electron chi connectivity index (χ1n) is 6.43. The first kappa shape index (κ1) is 14.5. The highest BCUT2D eigenvalue weighted by Crippen LogP contribution is 2.22. The molecule has 1 rings (SSSR count). The third-order valence-electron chi connectivity index (χ3n) is 3.07. The van der Waals surface area contributed by atoms with E-state index in [9.17, 15) is 4.79 Å². The molecule has 0 aliphatic rings. The fourth-order valence-corrected chi connectivity index (χ4v) is 1.95. The summed E-state index contributed by atoms with van der Waals surface area (Å²) in [4.78, 5) is 10.6. The molecule has 0 fully saturated rings. The predicted octanol–water partition coefficient (Wildman–Crippen LogP) is 2.03. The topological polar surface area (TPSA) is 75.3 Å². The van der Waals surface area contributed by atoms with Crippen LogP contribution in [0.3, 0.4) is 0 Å². The fourth-order valence-electron chi connectivity index (χ4n) is 1.95. The normalized spacial score (nSPS) is 12.2. The number of anilines is 1. The number of aliphatic carboxylic acids is 1. The second kappa shape index (κ2) is 7.01. The summed E-state index contributed by atoms with van der Waals surface area (Å²) in [7, 11) is 0. The third kappa shape index (κ3) is 3.74. The van der Waals surface area contributed by atoms with E-state index in [2.05, 4.69) is 37.4 Å². The number of hydrogen-bond donors (Lipinski definition) is 3. The molecule has 1 aromatic carbocycles. The number of para-hydroxylation sites is 1. The highest BCUT2D eigenvalue weighted by atomic mass is 16.4. The lowest BCUT2D eigenvalue weighted by molar-refractivity contribution is -0.138. The van der Waals surface area contributed by atoms with Gasteiger partial charge in [0.1, 0.15) is 6.04 Å². The minimum absolute atomic E-state index is 0.427. The van der Waals surface area contributed by atoms with Crippen LogP contribution in [0.5, 0.6) is 0 Å². The van der Waals surface area contributed by atoms with Crippen LogP contribution in [0.25, 0.3) is 0 Å². The minimum Gasteiger partial charge on any atom is -0.480 e. The summed E-state index contributed by atoms with van der Waals surface area (Å²) in [6.07, 6.45) is 2.35. The summed E-state index contributed by atoms with van der Waals surface area (Å²) in [6.45, 7) is 4.81. The molecule has 0 bridgehead atoms. The molecule has 1 atom stereocenters. The van der Waals surface area contributed by atoms with Crippen molar-refractivity contribution in [3.05, 3.63) is 29.3 Å². The number of nitrogens with one attached hydrogen (secondary N) is 1. The van der Waals surface area contributed by atoms with Gasteiger partial charge in [-0.2, -0.15) is 0 Å². The van der Waals surface area contributed by atoms with E-state index in [1.54, 1.807) is 0 Å². The zero-order valence-corrected chi connectivity index (χ0v) is 11.1. The predicted molar refractivity (Wildman–Crippen MR) is 73.9 cm³/mol. The maximum Gasteiger partial charge on any atom is 0.320 e. The molecule has 0 aromatic heterocycles. The minimum atomic E-state index is -0.948. The van der Waals surface area contributed by atoms with Crippen molar-refractivity contribution in [2.75, 3.05) is 11.9 Å². The van der Waals surface area contributed by atoms with Crippen LogP contribution in [0.15, 0.2) is 18.2 Å². The van der Waals surface area contributed by atoms with E-state index in [0.29, 0.717) is 13.0 Å².